The summed E-state index contributed by atoms with van der Waals surface area (Å²) in [7, 11) is 0. The summed E-state index contributed by atoms with van der Waals surface area (Å²) in [4.78, 5) is 13.0. The van der Waals surface area contributed by atoms with Crippen molar-refractivity contribution in [3.63, 3.8) is 0 Å². The smallest absolute Gasteiger partial charge is 0.323 e. The third-order valence-corrected chi connectivity index (χ3v) is 3.35. The minimum Gasteiger partial charge on any atom is -0.463 e. The minimum atomic E-state index is 0.398. The molecule has 21 heavy (non-hydrogen) atoms. The molecule has 0 amide bonds. The number of nitrogens with one attached hydrogen (secondary N) is 2. The molecule has 0 saturated heterocycles. The highest BCUT2D eigenvalue weighted by Gasteiger charge is 2.20. The Balaban J connectivity index is 1.88. The van der Waals surface area contributed by atoms with Crippen LogP contribution in [0, 0.1) is 5.92 Å². The number of aromatic nitrogens is 3. The summed E-state index contributed by atoms with van der Waals surface area (Å²) in [5, 5.41) is 6.47. The van der Waals surface area contributed by atoms with Crippen molar-refractivity contribution < 1.29 is 4.74 Å². The van der Waals surface area contributed by atoms with Crippen molar-refractivity contribution in [1.29, 1.82) is 0 Å². The summed E-state index contributed by atoms with van der Waals surface area (Å²) in [6, 6.07) is 0.398. The Kier molecular flexibility index (Phi) is 6.50. The molecular formula is C15H27N5O. The summed E-state index contributed by atoms with van der Waals surface area (Å²) >= 11 is 0. The Morgan fingerprint density at radius 3 is 2.33 bits per heavy atom. The number of ether oxygens (including phenoxy) is 1. The Bertz CT molecular complexity index is 396. The van der Waals surface area contributed by atoms with Crippen molar-refractivity contribution in [3.8, 4) is 6.01 Å². The van der Waals surface area contributed by atoms with Crippen LogP contribution in [-0.4, -0.2) is 34.6 Å². The van der Waals surface area contributed by atoms with Crippen LogP contribution in [0.15, 0.2) is 0 Å². The highest BCUT2D eigenvalue weighted by molar-refractivity contribution is 5.35. The Morgan fingerprint density at radius 2 is 1.71 bits per heavy atom. The van der Waals surface area contributed by atoms with Gasteiger partial charge in [-0.2, -0.15) is 15.0 Å². The zero-order valence-corrected chi connectivity index (χ0v) is 13.2. The fraction of sp³-hybridized carbons (Fsp3) is 0.800. The molecule has 1 saturated carbocycles. The lowest BCUT2D eigenvalue weighted by molar-refractivity contribution is 0.292. The molecule has 6 nitrogen and oxygen atoms in total. The topological polar surface area (TPSA) is 72.0 Å². The number of rotatable bonds is 11. The van der Waals surface area contributed by atoms with Gasteiger partial charge in [0.1, 0.15) is 0 Å². The van der Waals surface area contributed by atoms with E-state index in [0.717, 1.165) is 31.8 Å². The van der Waals surface area contributed by atoms with Crippen LogP contribution in [-0.2, 0) is 0 Å². The van der Waals surface area contributed by atoms with Gasteiger partial charge in [-0.25, -0.2) is 0 Å². The molecule has 0 atom stereocenters. The van der Waals surface area contributed by atoms with Gasteiger partial charge in [0.05, 0.1) is 6.61 Å². The zero-order valence-electron chi connectivity index (χ0n) is 13.2. The lowest BCUT2D eigenvalue weighted by atomic mass is 10.2. The van der Waals surface area contributed by atoms with Crippen molar-refractivity contribution in [2.75, 3.05) is 30.3 Å². The van der Waals surface area contributed by atoms with Gasteiger partial charge in [0.25, 0.3) is 0 Å². The molecule has 118 valence electrons. The minimum absolute atomic E-state index is 0.398. The second kappa shape index (κ2) is 8.64. The van der Waals surface area contributed by atoms with Gasteiger partial charge in [0.15, 0.2) is 0 Å². The van der Waals surface area contributed by atoms with Gasteiger partial charge in [-0.3, -0.25) is 0 Å². The molecule has 6 heteroatoms. The molecule has 1 aromatic rings. The van der Waals surface area contributed by atoms with E-state index in [-0.39, 0.29) is 0 Å². The number of hydrogen-bond acceptors (Lipinski definition) is 6. The van der Waals surface area contributed by atoms with Gasteiger partial charge >= 0.3 is 6.01 Å². The second-order valence-electron chi connectivity index (χ2n) is 5.55. The van der Waals surface area contributed by atoms with Gasteiger partial charge in [-0.1, -0.05) is 26.7 Å². The average Bonchev–Trinajstić information content (AvgIpc) is 3.31. The van der Waals surface area contributed by atoms with Crippen LogP contribution < -0.4 is 15.4 Å². The van der Waals surface area contributed by atoms with Crippen LogP contribution in [0.5, 0.6) is 6.01 Å². The van der Waals surface area contributed by atoms with Crippen LogP contribution in [0.1, 0.15) is 52.4 Å². The van der Waals surface area contributed by atoms with E-state index in [4.69, 9.17) is 4.74 Å². The summed E-state index contributed by atoms with van der Waals surface area (Å²) in [6.07, 6.45) is 7.25. The summed E-state index contributed by atoms with van der Waals surface area (Å²) in [5.41, 5.74) is 0. The van der Waals surface area contributed by atoms with E-state index in [1.165, 1.54) is 25.7 Å². The Labute approximate surface area is 127 Å². The molecule has 1 aromatic heterocycles. The monoisotopic (exact) mass is 293 g/mol. The van der Waals surface area contributed by atoms with E-state index in [1.807, 2.05) is 0 Å². The van der Waals surface area contributed by atoms with Gasteiger partial charge in [0, 0.05) is 13.1 Å². The molecule has 0 aliphatic heterocycles. The van der Waals surface area contributed by atoms with Crippen LogP contribution in [0.4, 0.5) is 11.9 Å². The maximum Gasteiger partial charge on any atom is 0.323 e. The van der Waals surface area contributed by atoms with E-state index >= 15 is 0 Å². The Hall–Kier alpha value is -1.59. The van der Waals surface area contributed by atoms with Crippen LogP contribution in [0.25, 0.3) is 0 Å². The third-order valence-electron chi connectivity index (χ3n) is 3.35. The number of anilines is 2. The maximum absolute atomic E-state index is 5.53. The first-order chi connectivity index (χ1) is 10.3. The molecule has 0 unspecified atom stereocenters. The fourth-order valence-electron chi connectivity index (χ4n) is 2.01. The molecular weight excluding hydrogens is 266 g/mol. The largest absolute Gasteiger partial charge is 0.463 e. The first-order valence-corrected chi connectivity index (χ1v) is 8.18. The van der Waals surface area contributed by atoms with Crippen molar-refractivity contribution in [2.24, 2.45) is 5.92 Å². The molecule has 2 N–H and O–H groups in total. The second-order valence-corrected chi connectivity index (χ2v) is 5.55. The molecule has 2 rings (SSSR count). The highest BCUT2D eigenvalue weighted by Crippen LogP contribution is 2.33. The SMILES string of the molecule is CCCNc1nc(NCCCC2CC2)nc(OCCC)n1. The molecule has 1 aliphatic rings. The molecule has 0 radical (unpaired) electrons. The highest BCUT2D eigenvalue weighted by atomic mass is 16.5. The maximum atomic E-state index is 5.53. The van der Waals surface area contributed by atoms with E-state index in [1.54, 1.807) is 0 Å². The molecule has 1 aliphatic carbocycles. The fourth-order valence-corrected chi connectivity index (χ4v) is 2.01. The average molecular weight is 293 g/mol. The Morgan fingerprint density at radius 1 is 1.00 bits per heavy atom. The molecule has 1 heterocycles. The van der Waals surface area contributed by atoms with E-state index in [0.29, 0.717) is 24.5 Å². The van der Waals surface area contributed by atoms with E-state index in [9.17, 15) is 0 Å². The quantitative estimate of drug-likeness (QED) is 0.611. The first-order valence-electron chi connectivity index (χ1n) is 8.18. The zero-order chi connectivity index (χ0) is 14.9. The third kappa shape index (κ3) is 6.14. The van der Waals surface area contributed by atoms with Crippen molar-refractivity contribution in [3.05, 3.63) is 0 Å². The van der Waals surface area contributed by atoms with Crippen LogP contribution in [0.2, 0.25) is 0 Å². The van der Waals surface area contributed by atoms with Gasteiger partial charge in [0.2, 0.25) is 11.9 Å². The van der Waals surface area contributed by atoms with Crippen molar-refractivity contribution >= 4 is 11.9 Å². The number of hydrogen-bond donors (Lipinski definition) is 2. The standard InChI is InChI=1S/C15H27N5O/c1-3-9-16-13-18-14(17-10-5-6-12-7-8-12)20-15(19-13)21-11-4-2/h12H,3-11H2,1-2H3,(H2,16,17,18,19,20). The van der Waals surface area contributed by atoms with Crippen LogP contribution in [0.3, 0.4) is 0 Å². The van der Waals surface area contributed by atoms with Gasteiger partial charge in [-0.05, 0) is 31.6 Å². The van der Waals surface area contributed by atoms with Crippen LogP contribution >= 0.6 is 0 Å². The summed E-state index contributed by atoms with van der Waals surface area (Å²) < 4.78 is 5.53. The lowest BCUT2D eigenvalue weighted by Gasteiger charge is -2.10. The first kappa shape index (κ1) is 15.8. The molecule has 1 fully saturated rings. The van der Waals surface area contributed by atoms with Gasteiger partial charge < -0.3 is 15.4 Å². The lowest BCUT2D eigenvalue weighted by Crippen LogP contribution is -2.12. The predicted octanol–water partition coefficient (Wildman–Crippen LogP) is 3.08. The predicted molar refractivity (Wildman–Crippen MR) is 84.8 cm³/mol. The van der Waals surface area contributed by atoms with Gasteiger partial charge in [-0.15, -0.1) is 0 Å². The van der Waals surface area contributed by atoms with Crippen molar-refractivity contribution in [2.45, 2.75) is 52.4 Å². The number of nitrogens with zero attached hydrogens (tertiary/aromatic N) is 3. The summed E-state index contributed by atoms with van der Waals surface area (Å²) in [5.74, 6) is 2.16. The molecule has 0 aromatic carbocycles. The van der Waals surface area contributed by atoms with E-state index < -0.39 is 0 Å². The van der Waals surface area contributed by atoms with E-state index in [2.05, 4.69) is 39.4 Å². The summed E-state index contributed by atoms with van der Waals surface area (Å²) in [6.45, 7) is 6.55. The molecule has 0 spiro atoms. The normalized spacial score (nSPS) is 14.0. The molecule has 0 bridgehead atoms. The van der Waals surface area contributed by atoms with Crippen molar-refractivity contribution in [1.82, 2.24) is 15.0 Å².